The van der Waals surface area contributed by atoms with Crippen LogP contribution in [0.2, 0.25) is 0 Å². The van der Waals surface area contributed by atoms with Gasteiger partial charge >= 0.3 is 5.69 Å². The Morgan fingerprint density at radius 1 is 0.933 bits per heavy atom. The number of thioether (sulfide) groups is 1. The fourth-order valence-corrected chi connectivity index (χ4v) is 4.00. The molecule has 0 aliphatic heterocycles. The van der Waals surface area contributed by atoms with E-state index < -0.39 is 17.1 Å². The van der Waals surface area contributed by atoms with Crippen LogP contribution in [0.1, 0.15) is 5.56 Å². The van der Waals surface area contributed by atoms with E-state index in [-0.39, 0.29) is 22.7 Å². The zero-order valence-electron chi connectivity index (χ0n) is 16.1. The van der Waals surface area contributed by atoms with Crippen LogP contribution in [-0.4, -0.2) is 19.1 Å². The van der Waals surface area contributed by atoms with Crippen molar-refractivity contribution in [2.75, 3.05) is 0 Å². The minimum absolute atomic E-state index is 0.180. The van der Waals surface area contributed by atoms with Gasteiger partial charge in [0, 0.05) is 25.4 Å². The molecule has 152 valence electrons. The van der Waals surface area contributed by atoms with Crippen LogP contribution < -0.4 is 11.2 Å². The molecule has 6 nitrogen and oxygen atoms in total. The van der Waals surface area contributed by atoms with Crippen LogP contribution in [0.5, 0.6) is 0 Å². The Morgan fingerprint density at radius 2 is 1.67 bits per heavy atom. The van der Waals surface area contributed by atoms with Crippen molar-refractivity contribution in [2.45, 2.75) is 10.8 Å². The first-order valence-corrected chi connectivity index (χ1v) is 9.94. The van der Waals surface area contributed by atoms with E-state index in [0.717, 1.165) is 10.1 Å². The lowest BCUT2D eigenvalue weighted by molar-refractivity contribution is 0.626. The highest BCUT2D eigenvalue weighted by atomic mass is 32.2. The Morgan fingerprint density at radius 3 is 2.37 bits per heavy atom. The molecule has 0 radical (unpaired) electrons. The maximum atomic E-state index is 13.5. The van der Waals surface area contributed by atoms with Gasteiger partial charge in [-0.3, -0.25) is 13.9 Å². The molecular formula is C21H16F2N4O2S. The molecule has 0 saturated carbocycles. The number of halogens is 2. The Hall–Kier alpha value is -3.33. The third kappa shape index (κ3) is 3.63. The van der Waals surface area contributed by atoms with Gasteiger partial charge in [-0.1, -0.05) is 12.1 Å². The van der Waals surface area contributed by atoms with E-state index in [1.165, 1.54) is 66.8 Å². The number of hydrogen-bond donors (Lipinski definition) is 0. The lowest BCUT2D eigenvalue weighted by Crippen LogP contribution is -2.37. The molecule has 4 aromatic rings. The van der Waals surface area contributed by atoms with Crippen molar-refractivity contribution < 1.29 is 8.78 Å². The topological polar surface area (TPSA) is 69.8 Å². The second-order valence-electron chi connectivity index (χ2n) is 6.68. The van der Waals surface area contributed by atoms with Gasteiger partial charge in [0.15, 0.2) is 11.5 Å². The van der Waals surface area contributed by atoms with Gasteiger partial charge in [0.2, 0.25) is 0 Å². The number of aromatic nitrogens is 4. The first-order chi connectivity index (χ1) is 14.3. The predicted octanol–water partition coefficient (Wildman–Crippen LogP) is 3.26. The fourth-order valence-electron chi connectivity index (χ4n) is 3.04. The number of benzene rings is 2. The van der Waals surface area contributed by atoms with Crippen molar-refractivity contribution in [1.29, 1.82) is 0 Å². The molecule has 0 aliphatic carbocycles. The molecule has 0 unspecified atom stereocenters. The van der Waals surface area contributed by atoms with E-state index in [2.05, 4.69) is 9.97 Å². The average molecular weight is 426 g/mol. The van der Waals surface area contributed by atoms with Gasteiger partial charge in [0.25, 0.3) is 5.56 Å². The van der Waals surface area contributed by atoms with Crippen LogP contribution >= 0.6 is 11.8 Å². The summed E-state index contributed by atoms with van der Waals surface area (Å²) >= 11 is 1.24. The minimum Gasteiger partial charge on any atom is -0.280 e. The second kappa shape index (κ2) is 7.83. The standard InChI is InChI=1S/C21H16F2N4O2S/c1-26-18-16(20(28)27(2)21(26)29)19(30-11-12-4-3-5-15(23)10-12)25-17(24-18)13-6-8-14(22)9-7-13/h3-10H,11H2,1-2H3. The maximum Gasteiger partial charge on any atom is 0.332 e. The normalized spacial score (nSPS) is 11.2. The van der Waals surface area contributed by atoms with Crippen molar-refractivity contribution >= 4 is 22.8 Å². The zero-order chi connectivity index (χ0) is 21.4. The number of nitrogens with zero attached hydrogens (tertiary/aromatic N) is 4. The van der Waals surface area contributed by atoms with Crippen molar-refractivity contribution in [3.05, 3.63) is 86.6 Å². The fraction of sp³-hybridized carbons (Fsp3) is 0.143. The number of rotatable bonds is 4. The highest BCUT2D eigenvalue weighted by molar-refractivity contribution is 7.98. The lowest BCUT2D eigenvalue weighted by Gasteiger charge is -2.12. The van der Waals surface area contributed by atoms with Crippen molar-refractivity contribution in [2.24, 2.45) is 14.1 Å². The Labute approximate surface area is 173 Å². The van der Waals surface area contributed by atoms with Crippen LogP contribution in [0.4, 0.5) is 8.78 Å². The van der Waals surface area contributed by atoms with E-state index in [9.17, 15) is 18.4 Å². The van der Waals surface area contributed by atoms with Crippen molar-refractivity contribution in [1.82, 2.24) is 19.1 Å². The molecule has 0 bridgehead atoms. The summed E-state index contributed by atoms with van der Waals surface area (Å²) in [6.07, 6.45) is 0. The molecule has 0 spiro atoms. The van der Waals surface area contributed by atoms with Crippen molar-refractivity contribution in [3.8, 4) is 11.4 Å². The van der Waals surface area contributed by atoms with Gasteiger partial charge in [-0.25, -0.2) is 23.5 Å². The summed E-state index contributed by atoms with van der Waals surface area (Å²) < 4.78 is 29.1. The van der Waals surface area contributed by atoms with Crippen LogP contribution in [-0.2, 0) is 19.8 Å². The van der Waals surface area contributed by atoms with Crippen LogP contribution in [0.15, 0.2) is 63.1 Å². The smallest absolute Gasteiger partial charge is 0.280 e. The van der Waals surface area contributed by atoms with E-state index in [0.29, 0.717) is 16.3 Å². The van der Waals surface area contributed by atoms with Gasteiger partial charge in [-0.15, -0.1) is 11.8 Å². The summed E-state index contributed by atoms with van der Waals surface area (Å²) in [6, 6.07) is 11.8. The summed E-state index contributed by atoms with van der Waals surface area (Å²) in [5.41, 5.74) is 0.410. The van der Waals surface area contributed by atoms with E-state index >= 15 is 0 Å². The Bertz CT molecular complexity index is 1380. The SMILES string of the molecule is Cn1c(=O)c2c(SCc3cccc(F)c3)nc(-c3ccc(F)cc3)nc2n(C)c1=O. The summed E-state index contributed by atoms with van der Waals surface area (Å²) in [5, 5.41) is 0.562. The molecule has 9 heteroatoms. The molecular weight excluding hydrogens is 410 g/mol. The molecule has 2 heterocycles. The van der Waals surface area contributed by atoms with Crippen molar-refractivity contribution in [3.63, 3.8) is 0 Å². The molecule has 0 saturated heterocycles. The molecule has 30 heavy (non-hydrogen) atoms. The molecule has 0 N–H and O–H groups in total. The largest absolute Gasteiger partial charge is 0.332 e. The highest BCUT2D eigenvalue weighted by Gasteiger charge is 2.18. The maximum absolute atomic E-state index is 13.5. The van der Waals surface area contributed by atoms with E-state index in [4.69, 9.17) is 0 Å². The molecule has 0 aliphatic rings. The first kappa shape index (κ1) is 20.0. The molecule has 0 fully saturated rings. The lowest BCUT2D eigenvalue weighted by atomic mass is 10.2. The number of aryl methyl sites for hydroxylation is 1. The summed E-state index contributed by atoms with van der Waals surface area (Å²) in [5.74, 6) is -0.140. The predicted molar refractivity (Wildman–Crippen MR) is 111 cm³/mol. The first-order valence-electron chi connectivity index (χ1n) is 8.96. The monoisotopic (exact) mass is 426 g/mol. The van der Waals surface area contributed by atoms with Gasteiger partial charge in [-0.2, -0.15) is 0 Å². The van der Waals surface area contributed by atoms with Crippen LogP contribution in [0.25, 0.3) is 22.4 Å². The van der Waals surface area contributed by atoms with E-state index in [1.54, 1.807) is 12.1 Å². The van der Waals surface area contributed by atoms with Crippen LogP contribution in [0, 0.1) is 11.6 Å². The molecule has 2 aromatic carbocycles. The summed E-state index contributed by atoms with van der Waals surface area (Å²) in [7, 11) is 2.91. The van der Waals surface area contributed by atoms with Gasteiger partial charge in [0.05, 0.1) is 0 Å². The highest BCUT2D eigenvalue weighted by Crippen LogP contribution is 2.28. The molecule has 0 amide bonds. The molecule has 4 rings (SSSR count). The van der Waals surface area contributed by atoms with Gasteiger partial charge in [0.1, 0.15) is 22.0 Å². The third-order valence-electron chi connectivity index (χ3n) is 4.63. The molecule has 2 aromatic heterocycles. The summed E-state index contributed by atoms with van der Waals surface area (Å²) in [6.45, 7) is 0. The van der Waals surface area contributed by atoms with Gasteiger partial charge < -0.3 is 0 Å². The summed E-state index contributed by atoms with van der Waals surface area (Å²) in [4.78, 5) is 34.1. The van der Waals surface area contributed by atoms with Gasteiger partial charge in [-0.05, 0) is 42.0 Å². The van der Waals surface area contributed by atoms with Crippen LogP contribution in [0.3, 0.4) is 0 Å². The Kier molecular flexibility index (Phi) is 5.21. The minimum atomic E-state index is -0.516. The van der Waals surface area contributed by atoms with E-state index in [1.807, 2.05) is 0 Å². The number of hydrogen-bond acceptors (Lipinski definition) is 5. The Balaban J connectivity index is 1.92. The zero-order valence-corrected chi connectivity index (χ0v) is 16.9. The quantitative estimate of drug-likeness (QED) is 0.370. The number of fused-ring (bicyclic) bond motifs is 1. The third-order valence-corrected chi connectivity index (χ3v) is 5.68. The second-order valence-corrected chi connectivity index (χ2v) is 7.65. The molecule has 0 atom stereocenters. The average Bonchev–Trinajstić information content (AvgIpc) is 2.74.